The Bertz CT molecular complexity index is 2500. The van der Waals surface area contributed by atoms with Gasteiger partial charge in [-0.25, -0.2) is 0 Å². The van der Waals surface area contributed by atoms with Crippen LogP contribution in [0.1, 0.15) is 152 Å². The van der Waals surface area contributed by atoms with Crippen molar-refractivity contribution in [3.05, 3.63) is 149 Å². The molecule has 0 saturated heterocycles. The van der Waals surface area contributed by atoms with Crippen molar-refractivity contribution in [3.8, 4) is 5.69 Å². The molecule has 1 aliphatic heterocycles. The lowest BCUT2D eigenvalue weighted by molar-refractivity contribution is 0.812. The van der Waals surface area contributed by atoms with Gasteiger partial charge in [0.1, 0.15) is 0 Å². The molecular formula is C54H61B2N. The molecule has 0 unspecified atom stereocenters. The molecule has 0 saturated carbocycles. The van der Waals surface area contributed by atoms with Crippen LogP contribution in [-0.2, 0) is 0 Å². The Labute approximate surface area is 344 Å². The van der Waals surface area contributed by atoms with Crippen LogP contribution in [-0.4, -0.2) is 18.0 Å². The lowest BCUT2D eigenvalue weighted by Crippen LogP contribution is -2.76. The van der Waals surface area contributed by atoms with Crippen LogP contribution in [0.4, 0.5) is 0 Å². The van der Waals surface area contributed by atoms with Gasteiger partial charge in [-0.3, -0.25) is 0 Å². The minimum Gasteiger partial charge on any atom is -0.309 e. The summed E-state index contributed by atoms with van der Waals surface area (Å²) in [7, 11) is 0. The fourth-order valence-corrected chi connectivity index (χ4v) is 10.1. The Balaban J connectivity index is 1.53. The molecule has 0 spiro atoms. The third kappa shape index (κ3) is 6.60. The normalized spacial score (nSPS) is 13.1. The highest BCUT2D eigenvalue weighted by Crippen LogP contribution is 2.33. The van der Waals surface area contributed by atoms with Gasteiger partial charge in [0.25, 0.3) is 0 Å². The van der Waals surface area contributed by atoms with Crippen LogP contribution >= 0.6 is 0 Å². The molecule has 0 bridgehead atoms. The molecule has 0 amide bonds. The number of rotatable bonds is 9. The average molecular weight is 746 g/mol. The third-order valence-corrected chi connectivity index (χ3v) is 13.1. The zero-order chi connectivity index (χ0) is 40.4. The lowest BCUT2D eigenvalue weighted by atomic mass is 9.20. The summed E-state index contributed by atoms with van der Waals surface area (Å²) in [6.07, 6.45) is 0. The number of benzene rings is 6. The van der Waals surface area contributed by atoms with Crippen molar-refractivity contribution in [1.29, 1.82) is 0 Å². The zero-order valence-corrected chi connectivity index (χ0v) is 36.5. The molecule has 8 rings (SSSR count). The predicted molar refractivity (Wildman–Crippen MR) is 254 cm³/mol. The van der Waals surface area contributed by atoms with E-state index in [0.717, 1.165) is 0 Å². The van der Waals surface area contributed by atoms with Crippen molar-refractivity contribution in [2.24, 2.45) is 0 Å². The van der Waals surface area contributed by atoms with E-state index in [1.165, 1.54) is 93.7 Å². The van der Waals surface area contributed by atoms with E-state index in [9.17, 15) is 0 Å². The fourth-order valence-electron chi connectivity index (χ4n) is 10.1. The number of nitrogens with zero attached hydrogens (tertiary/aromatic N) is 1. The van der Waals surface area contributed by atoms with E-state index in [0.29, 0.717) is 35.5 Å². The van der Waals surface area contributed by atoms with Crippen LogP contribution in [0.25, 0.3) is 27.5 Å². The Morgan fingerprint density at radius 2 is 0.702 bits per heavy atom. The van der Waals surface area contributed by atoms with Crippen molar-refractivity contribution >= 4 is 68.0 Å². The van der Waals surface area contributed by atoms with Gasteiger partial charge in [0.05, 0.1) is 11.0 Å². The molecule has 1 aromatic heterocycles. The van der Waals surface area contributed by atoms with Crippen molar-refractivity contribution < 1.29 is 0 Å². The molecular weight excluding hydrogens is 684 g/mol. The quantitative estimate of drug-likeness (QED) is 0.130. The Kier molecular flexibility index (Phi) is 10.4. The average Bonchev–Trinajstić information content (AvgIpc) is 3.53. The first-order valence-electron chi connectivity index (χ1n) is 21.8. The molecule has 0 atom stereocenters. The molecule has 1 aliphatic rings. The van der Waals surface area contributed by atoms with E-state index in [1.807, 2.05) is 0 Å². The number of hydrogen-bond acceptors (Lipinski definition) is 0. The standard InChI is InChI=1S/C54H61B2N/c1-32(2)38-27-43(34(5)6)53(44(28-38)35(7)8)55-47-21-15-16-22-48(47)56(54-45(36(9)10)29-39(33(3)4)30-46(54)37(11)12)50-31-40(25-26-49(50)55)57-51-23-17-13-19-41(51)42-20-14-18-24-52(42)57/h13-37H,1-12H3. The molecule has 0 radical (unpaired) electrons. The SMILES string of the molecule is CC(C)c1cc(C(C)C)c(B2c3ccccc3B(c3c(C(C)C)cc(C(C)C)cc3C(C)C)c3cc(-n4c5ccccc5c5ccccc54)ccc32)c(C(C)C)c1. The summed E-state index contributed by atoms with van der Waals surface area (Å²) in [6.45, 7) is 28.8. The molecule has 288 valence electrons. The minimum absolute atomic E-state index is 0.0939. The number of hydrogen-bond donors (Lipinski definition) is 0. The van der Waals surface area contributed by atoms with Gasteiger partial charge in [0.2, 0.25) is 13.4 Å². The van der Waals surface area contributed by atoms with Crippen LogP contribution in [0, 0.1) is 0 Å². The van der Waals surface area contributed by atoms with Crippen molar-refractivity contribution in [1.82, 2.24) is 4.57 Å². The highest BCUT2D eigenvalue weighted by Gasteiger charge is 2.43. The van der Waals surface area contributed by atoms with Gasteiger partial charge in [-0.15, -0.1) is 0 Å². The zero-order valence-electron chi connectivity index (χ0n) is 36.5. The highest BCUT2D eigenvalue weighted by molar-refractivity contribution is 7.11. The first-order chi connectivity index (χ1) is 27.3. The molecule has 57 heavy (non-hydrogen) atoms. The summed E-state index contributed by atoms with van der Waals surface area (Å²) in [6, 6.07) is 45.2. The fraction of sp³-hybridized carbons (Fsp3) is 0.333. The summed E-state index contributed by atoms with van der Waals surface area (Å²) >= 11 is 0. The number of para-hydroxylation sites is 2. The Hall–Kier alpha value is -4.75. The van der Waals surface area contributed by atoms with Gasteiger partial charge < -0.3 is 4.57 Å². The second-order valence-corrected chi connectivity index (χ2v) is 18.8. The Morgan fingerprint density at radius 1 is 0.351 bits per heavy atom. The highest BCUT2D eigenvalue weighted by atomic mass is 15.0. The number of fused-ring (bicyclic) bond motifs is 5. The van der Waals surface area contributed by atoms with Crippen LogP contribution in [0.5, 0.6) is 0 Å². The van der Waals surface area contributed by atoms with Gasteiger partial charge in [-0.05, 0) is 93.2 Å². The summed E-state index contributed by atoms with van der Waals surface area (Å²) < 4.78 is 2.52. The molecule has 1 nitrogen and oxygen atoms in total. The summed E-state index contributed by atoms with van der Waals surface area (Å²) in [4.78, 5) is 0. The second-order valence-electron chi connectivity index (χ2n) is 18.8. The summed E-state index contributed by atoms with van der Waals surface area (Å²) in [5.74, 6) is 2.48. The summed E-state index contributed by atoms with van der Waals surface area (Å²) in [5.41, 5.74) is 21.4. The first kappa shape index (κ1) is 39.1. The van der Waals surface area contributed by atoms with Crippen molar-refractivity contribution in [3.63, 3.8) is 0 Å². The van der Waals surface area contributed by atoms with E-state index in [4.69, 9.17) is 0 Å². The van der Waals surface area contributed by atoms with Gasteiger partial charge in [0, 0.05) is 16.5 Å². The predicted octanol–water partition coefficient (Wildman–Crippen LogP) is 10.9. The molecule has 6 aromatic carbocycles. The van der Waals surface area contributed by atoms with Gasteiger partial charge in [0.15, 0.2) is 0 Å². The topological polar surface area (TPSA) is 4.93 Å². The maximum Gasteiger partial charge on any atom is 0.240 e. The van der Waals surface area contributed by atoms with E-state index in [-0.39, 0.29) is 13.4 Å². The van der Waals surface area contributed by atoms with Gasteiger partial charge in [-0.1, -0.05) is 207 Å². The van der Waals surface area contributed by atoms with E-state index in [2.05, 4.69) is 203 Å². The van der Waals surface area contributed by atoms with Crippen molar-refractivity contribution in [2.75, 3.05) is 0 Å². The van der Waals surface area contributed by atoms with Crippen LogP contribution in [0.3, 0.4) is 0 Å². The van der Waals surface area contributed by atoms with E-state index >= 15 is 0 Å². The monoisotopic (exact) mass is 745 g/mol. The maximum absolute atomic E-state index is 2.60. The van der Waals surface area contributed by atoms with Crippen LogP contribution in [0.15, 0.2) is 115 Å². The second kappa shape index (κ2) is 15.2. The molecule has 0 fully saturated rings. The van der Waals surface area contributed by atoms with Crippen LogP contribution < -0.4 is 32.8 Å². The molecule has 0 aliphatic carbocycles. The van der Waals surface area contributed by atoms with Gasteiger partial charge >= 0.3 is 0 Å². The van der Waals surface area contributed by atoms with Crippen LogP contribution in [0.2, 0.25) is 0 Å². The van der Waals surface area contributed by atoms with E-state index < -0.39 is 0 Å². The number of aromatic nitrogens is 1. The van der Waals surface area contributed by atoms with Crippen molar-refractivity contribution in [2.45, 2.75) is 119 Å². The molecule has 7 aromatic rings. The maximum atomic E-state index is 2.60. The molecule has 2 heterocycles. The minimum atomic E-state index is 0.0939. The largest absolute Gasteiger partial charge is 0.309 e. The molecule has 0 N–H and O–H groups in total. The third-order valence-electron chi connectivity index (χ3n) is 13.1. The summed E-state index contributed by atoms with van der Waals surface area (Å²) in [5, 5.41) is 2.60. The van der Waals surface area contributed by atoms with E-state index in [1.54, 1.807) is 0 Å². The smallest absolute Gasteiger partial charge is 0.240 e. The molecule has 3 heteroatoms. The van der Waals surface area contributed by atoms with Gasteiger partial charge in [-0.2, -0.15) is 0 Å². The Morgan fingerprint density at radius 3 is 1.09 bits per heavy atom. The lowest BCUT2D eigenvalue weighted by Gasteiger charge is -2.37. The first-order valence-corrected chi connectivity index (χ1v) is 21.8.